The zero-order valence-corrected chi connectivity index (χ0v) is 8.42. The molecule has 1 aliphatic rings. The minimum Gasteiger partial charge on any atom is -0.469 e. The number of aliphatic hydroxyl groups is 1. The van der Waals surface area contributed by atoms with Crippen molar-refractivity contribution in [2.75, 3.05) is 13.7 Å². The van der Waals surface area contributed by atoms with Crippen molar-refractivity contribution in [3.8, 4) is 0 Å². The molecule has 1 rings (SSSR count). The highest BCUT2D eigenvalue weighted by Gasteiger charge is 2.36. The second-order valence-corrected chi connectivity index (χ2v) is 3.25. The van der Waals surface area contributed by atoms with Crippen LogP contribution in [0.1, 0.15) is 12.8 Å². The maximum atomic E-state index is 11.0. The van der Waals surface area contributed by atoms with Gasteiger partial charge in [-0.2, -0.15) is 0 Å². The van der Waals surface area contributed by atoms with E-state index in [0.717, 1.165) is 0 Å². The molecule has 1 unspecified atom stereocenters. The predicted molar refractivity (Wildman–Crippen MR) is 50.5 cm³/mol. The number of carbonyl (C=O) groups excluding carboxylic acids is 1. The topological polar surface area (TPSA) is 72.5 Å². The Balaban J connectivity index is 0.00000144. The first-order chi connectivity index (χ1) is 5.69. The van der Waals surface area contributed by atoms with Crippen molar-refractivity contribution in [3.63, 3.8) is 0 Å². The lowest BCUT2D eigenvalue weighted by Crippen LogP contribution is -2.21. The quantitative estimate of drug-likeness (QED) is 0.625. The number of carbonyl (C=O) groups is 1. The number of aliphatic hydroxyl groups excluding tert-OH is 1. The SMILES string of the molecule is COC(=O)C1C[C@H](CN)[C@H](O)C1.Cl. The molecule has 4 nitrogen and oxygen atoms in total. The number of esters is 1. The minimum absolute atomic E-state index is 0. The third-order valence-corrected chi connectivity index (χ3v) is 2.49. The Kier molecular flexibility index (Phi) is 5.29. The van der Waals surface area contributed by atoms with Gasteiger partial charge < -0.3 is 15.6 Å². The molecule has 3 N–H and O–H groups in total. The summed E-state index contributed by atoms with van der Waals surface area (Å²) >= 11 is 0. The summed E-state index contributed by atoms with van der Waals surface area (Å²) in [6.45, 7) is 0.439. The molecule has 0 aliphatic heterocycles. The van der Waals surface area contributed by atoms with E-state index >= 15 is 0 Å². The average molecular weight is 210 g/mol. The van der Waals surface area contributed by atoms with Gasteiger partial charge in [0.2, 0.25) is 0 Å². The normalized spacial score (nSPS) is 32.4. The summed E-state index contributed by atoms with van der Waals surface area (Å²) in [7, 11) is 1.37. The van der Waals surface area contributed by atoms with E-state index in [1.54, 1.807) is 0 Å². The smallest absolute Gasteiger partial charge is 0.308 e. The molecule has 0 amide bonds. The van der Waals surface area contributed by atoms with Crippen LogP contribution in [-0.2, 0) is 9.53 Å². The molecule has 0 saturated heterocycles. The lowest BCUT2D eigenvalue weighted by atomic mass is 10.1. The number of hydrogen-bond donors (Lipinski definition) is 2. The van der Waals surface area contributed by atoms with Crippen LogP contribution in [0.5, 0.6) is 0 Å². The summed E-state index contributed by atoms with van der Waals surface area (Å²) in [5, 5.41) is 9.42. The summed E-state index contributed by atoms with van der Waals surface area (Å²) in [6, 6.07) is 0. The fourth-order valence-corrected chi connectivity index (χ4v) is 1.72. The van der Waals surface area contributed by atoms with Gasteiger partial charge in [-0.1, -0.05) is 0 Å². The Morgan fingerprint density at radius 1 is 1.62 bits per heavy atom. The molecule has 0 radical (unpaired) electrons. The first-order valence-corrected chi connectivity index (χ1v) is 4.15. The van der Waals surface area contributed by atoms with E-state index in [1.165, 1.54) is 7.11 Å². The number of halogens is 1. The minimum atomic E-state index is -0.431. The number of hydrogen-bond acceptors (Lipinski definition) is 4. The Morgan fingerprint density at radius 3 is 2.62 bits per heavy atom. The van der Waals surface area contributed by atoms with Crippen LogP contribution in [0.15, 0.2) is 0 Å². The van der Waals surface area contributed by atoms with Gasteiger partial charge in [0.05, 0.1) is 19.1 Å². The monoisotopic (exact) mass is 209 g/mol. The first-order valence-electron chi connectivity index (χ1n) is 4.15. The van der Waals surface area contributed by atoms with Crippen LogP contribution < -0.4 is 5.73 Å². The molecule has 78 valence electrons. The number of nitrogens with two attached hydrogens (primary N) is 1. The zero-order chi connectivity index (χ0) is 9.14. The molecule has 0 aromatic heterocycles. The van der Waals surface area contributed by atoms with Gasteiger partial charge in [0.25, 0.3) is 0 Å². The standard InChI is InChI=1S/C8H15NO3.ClH/c1-12-8(11)5-2-6(4-9)7(10)3-5;/h5-7,10H,2-4,9H2,1H3;1H/t5?,6-,7-;/m1./s1. The highest BCUT2D eigenvalue weighted by atomic mass is 35.5. The maximum Gasteiger partial charge on any atom is 0.308 e. The summed E-state index contributed by atoms with van der Waals surface area (Å²) in [5.41, 5.74) is 5.42. The van der Waals surface area contributed by atoms with Crippen molar-refractivity contribution in [1.82, 2.24) is 0 Å². The number of rotatable bonds is 2. The van der Waals surface area contributed by atoms with Crippen LogP contribution >= 0.6 is 12.4 Å². The molecule has 1 saturated carbocycles. The second kappa shape index (κ2) is 5.42. The molecule has 0 aromatic carbocycles. The maximum absolute atomic E-state index is 11.0. The molecular formula is C8H16ClNO3. The van der Waals surface area contributed by atoms with Crippen molar-refractivity contribution < 1.29 is 14.6 Å². The molecule has 0 heterocycles. The van der Waals surface area contributed by atoms with E-state index < -0.39 is 6.10 Å². The van der Waals surface area contributed by atoms with Crippen LogP contribution in [0.25, 0.3) is 0 Å². The van der Waals surface area contributed by atoms with Crippen LogP contribution in [0.4, 0.5) is 0 Å². The van der Waals surface area contributed by atoms with E-state index in [9.17, 15) is 9.90 Å². The lowest BCUT2D eigenvalue weighted by Gasteiger charge is -2.09. The van der Waals surface area contributed by atoms with Gasteiger partial charge in [0.1, 0.15) is 0 Å². The van der Waals surface area contributed by atoms with Crippen molar-refractivity contribution in [2.45, 2.75) is 18.9 Å². The van der Waals surface area contributed by atoms with E-state index in [-0.39, 0.29) is 30.2 Å². The van der Waals surface area contributed by atoms with Gasteiger partial charge >= 0.3 is 5.97 Å². The Labute approximate surface area is 83.9 Å². The second-order valence-electron chi connectivity index (χ2n) is 3.25. The molecule has 1 aliphatic carbocycles. The highest BCUT2D eigenvalue weighted by Crippen LogP contribution is 2.31. The zero-order valence-electron chi connectivity index (χ0n) is 7.60. The molecular weight excluding hydrogens is 194 g/mol. The van der Waals surface area contributed by atoms with Gasteiger partial charge in [0.15, 0.2) is 0 Å². The molecule has 1 fully saturated rings. The molecule has 0 aromatic rings. The van der Waals surface area contributed by atoms with Gasteiger partial charge in [0, 0.05) is 0 Å². The van der Waals surface area contributed by atoms with Gasteiger partial charge in [-0.15, -0.1) is 12.4 Å². The third kappa shape index (κ3) is 2.83. The van der Waals surface area contributed by atoms with E-state index in [1.807, 2.05) is 0 Å². The van der Waals surface area contributed by atoms with E-state index in [4.69, 9.17) is 5.73 Å². The number of ether oxygens (including phenoxy) is 1. The summed E-state index contributed by atoms with van der Waals surface area (Å²) < 4.78 is 4.58. The molecule has 13 heavy (non-hydrogen) atoms. The Bertz CT molecular complexity index is 177. The van der Waals surface area contributed by atoms with Gasteiger partial charge in [-0.3, -0.25) is 4.79 Å². The van der Waals surface area contributed by atoms with Gasteiger partial charge in [-0.05, 0) is 25.3 Å². The van der Waals surface area contributed by atoms with Crippen LogP contribution in [0.2, 0.25) is 0 Å². The van der Waals surface area contributed by atoms with Crippen LogP contribution in [0, 0.1) is 11.8 Å². The largest absolute Gasteiger partial charge is 0.469 e. The van der Waals surface area contributed by atoms with E-state index in [0.29, 0.717) is 19.4 Å². The molecule has 5 heteroatoms. The lowest BCUT2D eigenvalue weighted by molar-refractivity contribution is -0.145. The summed E-state index contributed by atoms with van der Waals surface area (Å²) in [5.74, 6) is -0.322. The van der Waals surface area contributed by atoms with Crippen molar-refractivity contribution in [2.24, 2.45) is 17.6 Å². The van der Waals surface area contributed by atoms with Crippen molar-refractivity contribution >= 4 is 18.4 Å². The van der Waals surface area contributed by atoms with Crippen LogP contribution in [0.3, 0.4) is 0 Å². The fraction of sp³-hybridized carbons (Fsp3) is 0.875. The molecule has 0 spiro atoms. The van der Waals surface area contributed by atoms with Crippen LogP contribution in [-0.4, -0.2) is 30.8 Å². The fourth-order valence-electron chi connectivity index (χ4n) is 1.72. The molecule has 3 atom stereocenters. The van der Waals surface area contributed by atoms with E-state index in [2.05, 4.69) is 4.74 Å². The Morgan fingerprint density at radius 2 is 2.23 bits per heavy atom. The summed E-state index contributed by atoms with van der Waals surface area (Å²) in [6.07, 6.45) is 0.720. The number of methoxy groups -OCH3 is 1. The highest BCUT2D eigenvalue weighted by molar-refractivity contribution is 5.85. The van der Waals surface area contributed by atoms with Crippen molar-refractivity contribution in [1.29, 1.82) is 0 Å². The first kappa shape index (κ1) is 12.7. The van der Waals surface area contributed by atoms with Crippen molar-refractivity contribution in [3.05, 3.63) is 0 Å². The predicted octanol–water partition coefficient (Wildman–Crippen LogP) is -0.0730. The Hall–Kier alpha value is -0.320. The third-order valence-electron chi connectivity index (χ3n) is 2.49. The molecule has 0 bridgehead atoms. The summed E-state index contributed by atoms with van der Waals surface area (Å²) in [4.78, 5) is 11.0. The average Bonchev–Trinajstić information content (AvgIpc) is 2.45. The van der Waals surface area contributed by atoms with Gasteiger partial charge in [-0.25, -0.2) is 0 Å².